The molecule has 0 radical (unpaired) electrons. The average molecular weight is 403 g/mol. The number of aryl methyl sites for hydroxylation is 1. The van der Waals surface area contributed by atoms with Gasteiger partial charge < -0.3 is 15.5 Å². The van der Waals surface area contributed by atoms with E-state index in [0.29, 0.717) is 5.95 Å². The standard InChI is InChI=1S/C24H30N6/c1-18-16-26-24(28-23(18)20-5-4-6-22(15-20)25-2)27-21-9-7-19(8-10-21)17-30-13-11-29(3)12-14-30/h4-10,15-16,25H,11-14,17H2,1-3H3,(H,26,27,28). The highest BCUT2D eigenvalue weighted by atomic mass is 15.2. The highest BCUT2D eigenvalue weighted by Gasteiger charge is 2.14. The Balaban J connectivity index is 1.45. The predicted molar refractivity (Wildman–Crippen MR) is 124 cm³/mol. The number of anilines is 3. The number of nitrogens with one attached hydrogen (secondary N) is 2. The highest BCUT2D eigenvalue weighted by molar-refractivity contribution is 5.69. The van der Waals surface area contributed by atoms with E-state index in [-0.39, 0.29) is 0 Å². The Kier molecular flexibility index (Phi) is 6.26. The van der Waals surface area contributed by atoms with E-state index in [1.807, 2.05) is 32.3 Å². The number of nitrogens with zero attached hydrogens (tertiary/aromatic N) is 4. The molecular weight excluding hydrogens is 372 g/mol. The summed E-state index contributed by atoms with van der Waals surface area (Å²) in [7, 11) is 4.11. The molecular formula is C24H30N6. The molecule has 2 heterocycles. The molecule has 0 amide bonds. The molecule has 0 bridgehead atoms. The van der Waals surface area contributed by atoms with Crippen molar-refractivity contribution in [2.75, 3.05) is 50.9 Å². The molecule has 2 N–H and O–H groups in total. The van der Waals surface area contributed by atoms with E-state index in [4.69, 9.17) is 4.98 Å². The first-order valence-electron chi connectivity index (χ1n) is 10.5. The summed E-state index contributed by atoms with van der Waals surface area (Å²) in [4.78, 5) is 14.1. The number of piperazine rings is 1. The Hall–Kier alpha value is -2.96. The van der Waals surface area contributed by atoms with Crippen LogP contribution in [0.5, 0.6) is 0 Å². The molecule has 0 spiro atoms. The van der Waals surface area contributed by atoms with Crippen LogP contribution in [0.2, 0.25) is 0 Å². The van der Waals surface area contributed by atoms with E-state index in [1.165, 1.54) is 5.56 Å². The van der Waals surface area contributed by atoms with E-state index in [2.05, 4.69) is 68.9 Å². The van der Waals surface area contributed by atoms with Crippen LogP contribution in [0.25, 0.3) is 11.3 Å². The normalized spacial score (nSPS) is 15.2. The van der Waals surface area contributed by atoms with Crippen LogP contribution in [-0.2, 0) is 6.54 Å². The number of hydrogen-bond donors (Lipinski definition) is 2. The van der Waals surface area contributed by atoms with Crippen LogP contribution in [0.1, 0.15) is 11.1 Å². The molecule has 1 aliphatic heterocycles. The van der Waals surface area contributed by atoms with Crippen molar-refractivity contribution in [1.29, 1.82) is 0 Å². The second-order valence-electron chi connectivity index (χ2n) is 7.96. The number of benzene rings is 2. The SMILES string of the molecule is CNc1cccc(-c2nc(Nc3ccc(CN4CCN(C)CC4)cc3)ncc2C)c1. The average Bonchev–Trinajstić information content (AvgIpc) is 2.78. The van der Waals surface area contributed by atoms with Gasteiger partial charge in [-0.1, -0.05) is 24.3 Å². The quantitative estimate of drug-likeness (QED) is 0.650. The molecule has 3 aromatic rings. The maximum absolute atomic E-state index is 4.77. The summed E-state index contributed by atoms with van der Waals surface area (Å²) in [6, 6.07) is 16.8. The minimum absolute atomic E-state index is 0.609. The van der Waals surface area contributed by atoms with Gasteiger partial charge in [0.05, 0.1) is 5.69 Å². The van der Waals surface area contributed by atoms with Gasteiger partial charge in [0, 0.05) is 62.9 Å². The second kappa shape index (κ2) is 9.24. The summed E-state index contributed by atoms with van der Waals surface area (Å²) in [5.74, 6) is 0.609. The van der Waals surface area contributed by atoms with Crippen LogP contribution in [0.4, 0.5) is 17.3 Å². The van der Waals surface area contributed by atoms with Gasteiger partial charge in [-0.15, -0.1) is 0 Å². The molecule has 6 heteroatoms. The lowest BCUT2D eigenvalue weighted by atomic mass is 10.1. The Morgan fingerprint density at radius 3 is 2.47 bits per heavy atom. The lowest BCUT2D eigenvalue weighted by Gasteiger charge is -2.32. The molecule has 1 aliphatic rings. The molecule has 1 fully saturated rings. The van der Waals surface area contributed by atoms with E-state index in [0.717, 1.165) is 60.9 Å². The van der Waals surface area contributed by atoms with Gasteiger partial charge in [-0.3, -0.25) is 4.90 Å². The van der Waals surface area contributed by atoms with Crippen molar-refractivity contribution in [2.45, 2.75) is 13.5 Å². The van der Waals surface area contributed by atoms with Crippen LogP contribution < -0.4 is 10.6 Å². The van der Waals surface area contributed by atoms with Crippen molar-refractivity contribution in [1.82, 2.24) is 19.8 Å². The zero-order chi connectivity index (χ0) is 20.9. The van der Waals surface area contributed by atoms with E-state index < -0.39 is 0 Å². The van der Waals surface area contributed by atoms with Gasteiger partial charge in [-0.2, -0.15) is 0 Å². The van der Waals surface area contributed by atoms with Gasteiger partial charge in [0.25, 0.3) is 0 Å². The molecule has 0 atom stereocenters. The third-order valence-corrected chi connectivity index (χ3v) is 5.61. The van der Waals surface area contributed by atoms with Crippen molar-refractivity contribution in [3.05, 3.63) is 65.9 Å². The largest absolute Gasteiger partial charge is 0.388 e. The first-order valence-corrected chi connectivity index (χ1v) is 10.5. The third-order valence-electron chi connectivity index (χ3n) is 5.61. The van der Waals surface area contributed by atoms with Gasteiger partial charge >= 0.3 is 0 Å². The minimum atomic E-state index is 0.609. The third kappa shape index (κ3) is 4.96. The topological polar surface area (TPSA) is 56.3 Å². The molecule has 0 aliphatic carbocycles. The van der Waals surface area contributed by atoms with Gasteiger partial charge in [-0.25, -0.2) is 9.97 Å². The fraction of sp³-hybridized carbons (Fsp3) is 0.333. The van der Waals surface area contributed by atoms with Crippen LogP contribution >= 0.6 is 0 Å². The molecule has 2 aromatic carbocycles. The Labute approximate surface area is 179 Å². The second-order valence-corrected chi connectivity index (χ2v) is 7.96. The smallest absolute Gasteiger partial charge is 0.227 e. The molecule has 0 unspecified atom stereocenters. The lowest BCUT2D eigenvalue weighted by Crippen LogP contribution is -2.43. The van der Waals surface area contributed by atoms with Gasteiger partial charge in [0.15, 0.2) is 0 Å². The zero-order valence-corrected chi connectivity index (χ0v) is 18.0. The van der Waals surface area contributed by atoms with Crippen molar-refractivity contribution < 1.29 is 0 Å². The summed E-state index contributed by atoms with van der Waals surface area (Å²) in [6.45, 7) is 7.59. The molecule has 4 rings (SSSR count). The Bertz CT molecular complexity index is 977. The summed E-state index contributed by atoms with van der Waals surface area (Å²) in [5, 5.41) is 6.53. The van der Waals surface area contributed by atoms with E-state index in [1.54, 1.807) is 0 Å². The lowest BCUT2D eigenvalue weighted by molar-refractivity contribution is 0.148. The summed E-state index contributed by atoms with van der Waals surface area (Å²) < 4.78 is 0. The van der Waals surface area contributed by atoms with Crippen LogP contribution in [0.3, 0.4) is 0 Å². The summed E-state index contributed by atoms with van der Waals surface area (Å²) >= 11 is 0. The van der Waals surface area contributed by atoms with Gasteiger partial charge in [0.2, 0.25) is 5.95 Å². The molecule has 30 heavy (non-hydrogen) atoms. The molecule has 1 saturated heterocycles. The van der Waals surface area contributed by atoms with Crippen molar-refractivity contribution in [3.8, 4) is 11.3 Å². The zero-order valence-electron chi connectivity index (χ0n) is 18.0. The first kappa shape index (κ1) is 20.3. The maximum atomic E-state index is 4.77. The first-order chi connectivity index (χ1) is 14.6. The predicted octanol–water partition coefficient (Wildman–Crippen LogP) is 3.98. The van der Waals surface area contributed by atoms with Gasteiger partial charge in [-0.05, 0) is 49.4 Å². The minimum Gasteiger partial charge on any atom is -0.388 e. The molecule has 0 saturated carbocycles. The molecule has 6 nitrogen and oxygen atoms in total. The highest BCUT2D eigenvalue weighted by Crippen LogP contribution is 2.25. The molecule has 156 valence electrons. The number of aromatic nitrogens is 2. The number of hydrogen-bond acceptors (Lipinski definition) is 6. The van der Waals surface area contributed by atoms with Crippen LogP contribution in [0.15, 0.2) is 54.7 Å². The van der Waals surface area contributed by atoms with Crippen LogP contribution in [-0.4, -0.2) is 60.0 Å². The Morgan fingerprint density at radius 1 is 0.967 bits per heavy atom. The van der Waals surface area contributed by atoms with Crippen molar-refractivity contribution >= 4 is 17.3 Å². The maximum Gasteiger partial charge on any atom is 0.227 e. The summed E-state index contributed by atoms with van der Waals surface area (Å²) in [6.07, 6.45) is 1.87. The van der Waals surface area contributed by atoms with Crippen molar-refractivity contribution in [2.24, 2.45) is 0 Å². The fourth-order valence-electron chi connectivity index (χ4n) is 3.70. The number of rotatable bonds is 6. The van der Waals surface area contributed by atoms with Crippen LogP contribution in [0, 0.1) is 6.92 Å². The monoisotopic (exact) mass is 402 g/mol. The van der Waals surface area contributed by atoms with E-state index in [9.17, 15) is 0 Å². The van der Waals surface area contributed by atoms with Gasteiger partial charge in [0.1, 0.15) is 0 Å². The fourth-order valence-corrected chi connectivity index (χ4v) is 3.70. The number of likely N-dealkylation sites (N-methyl/N-ethyl adjacent to an activating group) is 1. The molecule has 1 aromatic heterocycles. The Morgan fingerprint density at radius 2 is 1.73 bits per heavy atom. The van der Waals surface area contributed by atoms with E-state index >= 15 is 0 Å². The van der Waals surface area contributed by atoms with Crippen molar-refractivity contribution in [3.63, 3.8) is 0 Å². The summed E-state index contributed by atoms with van der Waals surface area (Å²) in [5.41, 5.74) is 6.46.